The highest BCUT2D eigenvalue weighted by atomic mass is 16.6. The Kier molecular flexibility index (Phi) is 7.28. The van der Waals surface area contributed by atoms with E-state index in [4.69, 9.17) is 9.47 Å². The summed E-state index contributed by atoms with van der Waals surface area (Å²) in [4.78, 5) is 51.5. The topological polar surface area (TPSA) is 114 Å². The zero-order valence-corrected chi connectivity index (χ0v) is 19.8. The van der Waals surface area contributed by atoms with E-state index in [2.05, 4.69) is 10.6 Å². The van der Waals surface area contributed by atoms with E-state index in [9.17, 15) is 19.2 Å². The van der Waals surface area contributed by atoms with Gasteiger partial charge in [-0.1, -0.05) is 20.8 Å². The Hall–Kier alpha value is -2.32. The fourth-order valence-corrected chi connectivity index (χ4v) is 4.20. The zero-order valence-electron chi connectivity index (χ0n) is 19.8. The van der Waals surface area contributed by atoms with Crippen LogP contribution in [0.5, 0.6) is 0 Å². The Morgan fingerprint density at radius 3 is 2.23 bits per heavy atom. The number of methoxy groups -OCH3 is 1. The second kappa shape index (κ2) is 9.04. The first-order valence-electron chi connectivity index (χ1n) is 10.8. The number of likely N-dealkylation sites (tertiary alicyclic amines) is 1. The number of hydrogen-bond donors (Lipinski definition) is 2. The van der Waals surface area contributed by atoms with Crippen LogP contribution in [0.25, 0.3) is 0 Å². The molecule has 2 heterocycles. The number of carbonyl (C=O) groups is 4. The number of ether oxygens (including phenoxy) is 2. The molecule has 31 heavy (non-hydrogen) atoms. The molecule has 9 heteroatoms. The van der Waals surface area contributed by atoms with Crippen molar-refractivity contribution in [1.82, 2.24) is 15.5 Å². The van der Waals surface area contributed by atoms with Crippen molar-refractivity contribution in [2.45, 2.75) is 84.4 Å². The van der Waals surface area contributed by atoms with Crippen molar-refractivity contribution in [2.24, 2.45) is 11.3 Å². The molecule has 1 unspecified atom stereocenters. The van der Waals surface area contributed by atoms with Crippen LogP contribution >= 0.6 is 0 Å². The predicted molar refractivity (Wildman–Crippen MR) is 114 cm³/mol. The van der Waals surface area contributed by atoms with Gasteiger partial charge in [-0.05, 0) is 46.5 Å². The minimum Gasteiger partial charge on any atom is -0.467 e. The van der Waals surface area contributed by atoms with Crippen LogP contribution in [0.1, 0.15) is 67.2 Å². The number of piperidine rings is 1. The molecule has 176 valence electrons. The number of nitrogens with zero attached hydrogens (tertiary/aromatic N) is 1. The van der Waals surface area contributed by atoms with Crippen LogP contribution in [0.4, 0.5) is 4.79 Å². The van der Waals surface area contributed by atoms with Gasteiger partial charge in [0.05, 0.1) is 7.11 Å². The van der Waals surface area contributed by atoms with Gasteiger partial charge in [-0.15, -0.1) is 0 Å². The fraction of sp³-hybridized carbons (Fsp3) is 0.818. The minimum atomic E-state index is -0.978. The number of amides is 3. The maximum atomic E-state index is 12.7. The average molecular weight is 440 g/mol. The normalized spacial score (nSPS) is 22.0. The molecule has 0 aromatic heterocycles. The third kappa shape index (κ3) is 6.58. The Morgan fingerprint density at radius 2 is 1.74 bits per heavy atom. The van der Waals surface area contributed by atoms with Crippen molar-refractivity contribution in [1.29, 1.82) is 0 Å². The Balaban J connectivity index is 2.01. The van der Waals surface area contributed by atoms with Gasteiger partial charge >= 0.3 is 12.1 Å². The first-order valence-corrected chi connectivity index (χ1v) is 10.8. The van der Waals surface area contributed by atoms with Gasteiger partial charge in [0, 0.05) is 30.0 Å². The van der Waals surface area contributed by atoms with Gasteiger partial charge in [-0.3, -0.25) is 9.59 Å². The lowest BCUT2D eigenvalue weighted by atomic mass is 9.81. The lowest BCUT2D eigenvalue weighted by Gasteiger charge is -2.41. The molecule has 0 saturated carbocycles. The van der Waals surface area contributed by atoms with E-state index >= 15 is 0 Å². The standard InChI is InChI=1S/C22H37N3O6/c1-20(2,3)18(28)25-10-8-22(9-11-25)13-14(16(26)24-22)12-15(17(27)30-7)23-19(29)31-21(4,5)6/h14-15H,8-13H2,1-7H3,(H,23,29)(H,24,26)/t14?,15-/m0/s1. The second-order valence-corrected chi connectivity index (χ2v) is 10.7. The molecule has 2 saturated heterocycles. The van der Waals surface area contributed by atoms with Crippen molar-refractivity contribution >= 4 is 23.9 Å². The maximum absolute atomic E-state index is 12.7. The minimum absolute atomic E-state index is 0.107. The largest absolute Gasteiger partial charge is 0.467 e. The molecule has 2 aliphatic heterocycles. The molecule has 0 radical (unpaired) electrons. The summed E-state index contributed by atoms with van der Waals surface area (Å²) in [5, 5.41) is 5.63. The predicted octanol–water partition coefficient (Wildman–Crippen LogP) is 1.99. The molecule has 2 N–H and O–H groups in total. The molecule has 1 spiro atoms. The molecule has 0 aromatic rings. The highest BCUT2D eigenvalue weighted by Gasteiger charge is 2.48. The summed E-state index contributed by atoms with van der Waals surface area (Å²) in [5.41, 5.74) is -1.53. The molecule has 0 aliphatic carbocycles. The first-order chi connectivity index (χ1) is 14.2. The monoisotopic (exact) mass is 439 g/mol. The highest BCUT2D eigenvalue weighted by Crippen LogP contribution is 2.37. The number of hydrogen-bond acceptors (Lipinski definition) is 6. The van der Waals surface area contributed by atoms with E-state index in [1.807, 2.05) is 25.7 Å². The summed E-state index contributed by atoms with van der Waals surface area (Å²) in [6.45, 7) is 12.0. The molecule has 2 rings (SSSR count). The van der Waals surface area contributed by atoms with Crippen molar-refractivity contribution in [3.8, 4) is 0 Å². The fourth-order valence-electron chi connectivity index (χ4n) is 4.20. The van der Waals surface area contributed by atoms with Crippen molar-refractivity contribution in [3.63, 3.8) is 0 Å². The Morgan fingerprint density at radius 1 is 1.16 bits per heavy atom. The first kappa shape index (κ1) is 24.9. The van der Waals surface area contributed by atoms with Gasteiger partial charge in [0.15, 0.2) is 0 Å². The summed E-state index contributed by atoms with van der Waals surface area (Å²) in [6, 6.07) is -0.978. The molecule has 2 atom stereocenters. The summed E-state index contributed by atoms with van der Waals surface area (Å²) in [7, 11) is 1.24. The molecule has 0 aromatic carbocycles. The summed E-state index contributed by atoms with van der Waals surface area (Å²) >= 11 is 0. The number of esters is 1. The van der Waals surface area contributed by atoms with Crippen molar-refractivity contribution in [3.05, 3.63) is 0 Å². The van der Waals surface area contributed by atoms with Crippen LogP contribution < -0.4 is 10.6 Å². The SMILES string of the molecule is COC(=O)[C@H](CC1CC2(CCN(C(=O)C(C)(C)C)CC2)NC1=O)NC(=O)OC(C)(C)C. The average Bonchev–Trinajstić information content (AvgIpc) is 2.93. The number of rotatable bonds is 4. The second-order valence-electron chi connectivity index (χ2n) is 10.7. The summed E-state index contributed by atoms with van der Waals surface area (Å²) < 4.78 is 10.0. The number of carbonyl (C=O) groups excluding carboxylic acids is 4. The maximum Gasteiger partial charge on any atom is 0.408 e. The van der Waals surface area contributed by atoms with Crippen LogP contribution in [-0.2, 0) is 23.9 Å². The van der Waals surface area contributed by atoms with Gasteiger partial charge < -0.3 is 25.0 Å². The summed E-state index contributed by atoms with van der Waals surface area (Å²) in [5.74, 6) is -1.10. The van der Waals surface area contributed by atoms with E-state index in [1.54, 1.807) is 20.8 Å². The van der Waals surface area contributed by atoms with Crippen LogP contribution in [0.2, 0.25) is 0 Å². The van der Waals surface area contributed by atoms with Gasteiger partial charge in [0.2, 0.25) is 11.8 Å². The smallest absolute Gasteiger partial charge is 0.408 e. The highest BCUT2D eigenvalue weighted by molar-refractivity contribution is 5.86. The third-order valence-corrected chi connectivity index (χ3v) is 5.74. The molecule has 0 bridgehead atoms. The molecular formula is C22H37N3O6. The molecule has 2 fully saturated rings. The Bertz CT molecular complexity index is 714. The molecule has 3 amide bonds. The Labute approximate surface area is 184 Å². The zero-order chi connectivity index (χ0) is 23.6. The number of nitrogens with one attached hydrogen (secondary N) is 2. The van der Waals surface area contributed by atoms with Crippen LogP contribution in [0, 0.1) is 11.3 Å². The lowest BCUT2D eigenvalue weighted by Crippen LogP contribution is -2.53. The molecule has 9 nitrogen and oxygen atoms in total. The van der Waals surface area contributed by atoms with Crippen molar-refractivity contribution in [2.75, 3.05) is 20.2 Å². The molecular weight excluding hydrogens is 402 g/mol. The summed E-state index contributed by atoms with van der Waals surface area (Å²) in [6.07, 6.45) is 1.28. The van der Waals surface area contributed by atoms with Gasteiger partial charge in [-0.2, -0.15) is 0 Å². The van der Waals surface area contributed by atoms with E-state index in [1.165, 1.54) is 7.11 Å². The quantitative estimate of drug-likeness (QED) is 0.648. The van der Waals surface area contributed by atoms with E-state index in [-0.39, 0.29) is 23.8 Å². The van der Waals surface area contributed by atoms with E-state index in [0.29, 0.717) is 32.4 Å². The number of alkyl carbamates (subject to hydrolysis) is 1. The van der Waals surface area contributed by atoms with Gasteiger partial charge in [-0.25, -0.2) is 9.59 Å². The van der Waals surface area contributed by atoms with Crippen LogP contribution in [0.3, 0.4) is 0 Å². The lowest BCUT2D eigenvalue weighted by molar-refractivity contribution is -0.144. The van der Waals surface area contributed by atoms with Gasteiger partial charge in [0.25, 0.3) is 0 Å². The van der Waals surface area contributed by atoms with E-state index in [0.717, 1.165) is 0 Å². The third-order valence-electron chi connectivity index (χ3n) is 5.74. The molecule has 2 aliphatic rings. The van der Waals surface area contributed by atoms with Crippen LogP contribution in [-0.4, -0.2) is 66.2 Å². The van der Waals surface area contributed by atoms with Crippen molar-refractivity contribution < 1.29 is 28.7 Å². The van der Waals surface area contributed by atoms with Crippen LogP contribution in [0.15, 0.2) is 0 Å². The van der Waals surface area contributed by atoms with E-state index < -0.39 is 35.0 Å². The van der Waals surface area contributed by atoms with Gasteiger partial charge in [0.1, 0.15) is 11.6 Å².